The van der Waals surface area contributed by atoms with Gasteiger partial charge in [0.2, 0.25) is 0 Å². The van der Waals surface area contributed by atoms with Gasteiger partial charge < -0.3 is 5.32 Å². The molecule has 1 aromatic carbocycles. The van der Waals surface area contributed by atoms with E-state index in [-0.39, 0.29) is 11.4 Å². The zero-order valence-electron chi connectivity index (χ0n) is 10.6. The quantitative estimate of drug-likeness (QED) is 0.864. The monoisotopic (exact) mass is 230 g/mol. The summed E-state index contributed by atoms with van der Waals surface area (Å²) in [6, 6.07) is 8.71. The molecule has 90 valence electrons. The summed E-state index contributed by atoms with van der Waals surface area (Å²) in [6.07, 6.45) is 1.79. The molecule has 1 N–H and O–H groups in total. The minimum absolute atomic E-state index is 0.0827. The number of nitrogens with zero attached hydrogens (tertiary/aromatic N) is 1. The van der Waals surface area contributed by atoms with Crippen LogP contribution >= 0.6 is 0 Å². The summed E-state index contributed by atoms with van der Waals surface area (Å²) in [7, 11) is 0. The Balaban J connectivity index is 2.80. The fourth-order valence-electron chi connectivity index (χ4n) is 1.47. The van der Waals surface area contributed by atoms with E-state index in [4.69, 9.17) is 5.26 Å². The molecule has 0 saturated heterocycles. The van der Waals surface area contributed by atoms with E-state index >= 15 is 0 Å². The van der Waals surface area contributed by atoms with Gasteiger partial charge in [-0.1, -0.05) is 13.8 Å². The molecule has 1 rings (SSSR count). The van der Waals surface area contributed by atoms with Crippen molar-refractivity contribution < 1.29 is 4.79 Å². The number of nitrogens with one attached hydrogen (secondary N) is 1. The van der Waals surface area contributed by atoms with Crippen molar-refractivity contribution >= 4 is 5.91 Å². The topological polar surface area (TPSA) is 52.9 Å². The van der Waals surface area contributed by atoms with Gasteiger partial charge >= 0.3 is 0 Å². The van der Waals surface area contributed by atoms with Crippen molar-refractivity contribution in [3.8, 4) is 6.07 Å². The van der Waals surface area contributed by atoms with Crippen LogP contribution in [0.3, 0.4) is 0 Å². The molecule has 0 unspecified atom stereocenters. The first kappa shape index (κ1) is 13.2. The minimum atomic E-state index is -0.162. The Kier molecular flexibility index (Phi) is 4.28. The molecule has 3 nitrogen and oxygen atoms in total. The van der Waals surface area contributed by atoms with Crippen molar-refractivity contribution in [1.82, 2.24) is 5.32 Å². The second-order valence-corrected chi connectivity index (χ2v) is 4.41. The Bertz CT molecular complexity index is 425. The maximum atomic E-state index is 12.0. The summed E-state index contributed by atoms with van der Waals surface area (Å²) < 4.78 is 0. The highest BCUT2D eigenvalue weighted by atomic mass is 16.1. The number of hydrogen-bond donors (Lipinski definition) is 1. The molecule has 3 heteroatoms. The number of hydrogen-bond acceptors (Lipinski definition) is 2. The molecule has 0 fully saturated rings. The van der Waals surface area contributed by atoms with E-state index in [9.17, 15) is 4.79 Å². The number of benzene rings is 1. The molecule has 0 heterocycles. The van der Waals surface area contributed by atoms with Crippen LogP contribution in [0.2, 0.25) is 0 Å². The lowest BCUT2D eigenvalue weighted by molar-refractivity contribution is 0.0901. The predicted octanol–water partition coefficient (Wildman–Crippen LogP) is 2.87. The van der Waals surface area contributed by atoms with Gasteiger partial charge in [0, 0.05) is 11.1 Å². The molecule has 0 aliphatic carbocycles. The molecule has 1 aromatic rings. The highest BCUT2D eigenvalue weighted by molar-refractivity contribution is 5.94. The van der Waals surface area contributed by atoms with Crippen molar-refractivity contribution in [3.05, 3.63) is 35.4 Å². The van der Waals surface area contributed by atoms with Crippen LogP contribution in [0.15, 0.2) is 24.3 Å². The van der Waals surface area contributed by atoms with Crippen LogP contribution in [0.5, 0.6) is 0 Å². The molecule has 0 bridgehead atoms. The van der Waals surface area contributed by atoms with Gasteiger partial charge in [0.05, 0.1) is 11.6 Å². The van der Waals surface area contributed by atoms with E-state index in [1.165, 1.54) is 0 Å². The Morgan fingerprint density at radius 3 is 2.24 bits per heavy atom. The van der Waals surface area contributed by atoms with Gasteiger partial charge in [0.25, 0.3) is 5.91 Å². The van der Waals surface area contributed by atoms with Gasteiger partial charge in [0.15, 0.2) is 0 Å². The molecule has 17 heavy (non-hydrogen) atoms. The van der Waals surface area contributed by atoms with Crippen LogP contribution in [-0.2, 0) is 0 Å². The van der Waals surface area contributed by atoms with Gasteiger partial charge in [-0.15, -0.1) is 0 Å². The second-order valence-electron chi connectivity index (χ2n) is 4.41. The molecule has 0 aromatic heterocycles. The zero-order valence-corrected chi connectivity index (χ0v) is 10.6. The summed E-state index contributed by atoms with van der Waals surface area (Å²) in [6.45, 7) is 6.15. The third kappa shape index (κ3) is 3.32. The number of carbonyl (C=O) groups excluding carboxylic acids is 1. The van der Waals surface area contributed by atoms with E-state index in [1.54, 1.807) is 24.3 Å². The van der Waals surface area contributed by atoms with E-state index in [0.717, 1.165) is 12.8 Å². The lowest BCUT2D eigenvalue weighted by Gasteiger charge is -2.28. The first-order chi connectivity index (χ1) is 8.04. The molecular formula is C14H18N2O. The number of nitriles is 1. The van der Waals surface area contributed by atoms with Crippen molar-refractivity contribution in [1.29, 1.82) is 5.26 Å². The van der Waals surface area contributed by atoms with Crippen molar-refractivity contribution in [2.24, 2.45) is 0 Å². The van der Waals surface area contributed by atoms with Crippen LogP contribution < -0.4 is 5.32 Å². The van der Waals surface area contributed by atoms with E-state index in [0.29, 0.717) is 11.1 Å². The van der Waals surface area contributed by atoms with Gasteiger partial charge in [-0.2, -0.15) is 5.26 Å². The summed E-state index contributed by atoms with van der Waals surface area (Å²) in [4.78, 5) is 12.0. The molecular weight excluding hydrogens is 212 g/mol. The van der Waals surface area contributed by atoms with Crippen LogP contribution in [0.1, 0.15) is 49.5 Å². The molecule has 0 atom stereocenters. The third-order valence-corrected chi connectivity index (χ3v) is 3.25. The van der Waals surface area contributed by atoms with Crippen molar-refractivity contribution in [3.63, 3.8) is 0 Å². The zero-order chi connectivity index (χ0) is 12.9. The minimum Gasteiger partial charge on any atom is -0.347 e. The van der Waals surface area contributed by atoms with Crippen molar-refractivity contribution in [2.75, 3.05) is 0 Å². The van der Waals surface area contributed by atoms with Crippen LogP contribution in [0.25, 0.3) is 0 Å². The average Bonchev–Trinajstić information content (AvgIpc) is 2.38. The molecule has 0 radical (unpaired) electrons. The maximum absolute atomic E-state index is 12.0. The standard InChI is InChI=1S/C14H18N2O/c1-4-14(3,5-2)16-13(17)12-8-6-11(10-15)7-9-12/h6-9H,4-5H2,1-3H3,(H,16,17). The lowest BCUT2D eigenvalue weighted by Crippen LogP contribution is -2.44. The van der Waals surface area contributed by atoms with Gasteiger partial charge in [-0.05, 0) is 44.0 Å². The van der Waals surface area contributed by atoms with Crippen molar-refractivity contribution in [2.45, 2.75) is 39.2 Å². The summed E-state index contributed by atoms with van der Waals surface area (Å²) in [5.74, 6) is -0.0827. The summed E-state index contributed by atoms with van der Waals surface area (Å²) in [5, 5.41) is 11.7. The first-order valence-corrected chi connectivity index (χ1v) is 5.87. The van der Waals surface area contributed by atoms with Gasteiger partial charge in [-0.3, -0.25) is 4.79 Å². The number of amides is 1. The lowest BCUT2D eigenvalue weighted by atomic mass is 9.95. The van der Waals surface area contributed by atoms with Gasteiger partial charge in [-0.25, -0.2) is 0 Å². The second kappa shape index (κ2) is 5.49. The molecule has 1 amide bonds. The SMILES string of the molecule is CCC(C)(CC)NC(=O)c1ccc(C#N)cc1. The maximum Gasteiger partial charge on any atom is 0.251 e. The van der Waals surface area contributed by atoms with Crippen LogP contribution in [0, 0.1) is 11.3 Å². The fourth-order valence-corrected chi connectivity index (χ4v) is 1.47. The smallest absolute Gasteiger partial charge is 0.251 e. The first-order valence-electron chi connectivity index (χ1n) is 5.87. The molecule has 0 saturated carbocycles. The normalized spacial score (nSPS) is 10.7. The Hall–Kier alpha value is -1.82. The average molecular weight is 230 g/mol. The third-order valence-electron chi connectivity index (χ3n) is 3.25. The highest BCUT2D eigenvalue weighted by Gasteiger charge is 2.22. The molecule has 0 aliphatic heterocycles. The molecule has 0 aliphatic rings. The summed E-state index contributed by atoms with van der Waals surface area (Å²) >= 11 is 0. The Morgan fingerprint density at radius 1 is 1.29 bits per heavy atom. The van der Waals surface area contributed by atoms with Gasteiger partial charge in [0.1, 0.15) is 0 Å². The number of rotatable bonds is 4. The predicted molar refractivity (Wildman–Crippen MR) is 67.6 cm³/mol. The Morgan fingerprint density at radius 2 is 1.82 bits per heavy atom. The summed E-state index contributed by atoms with van der Waals surface area (Å²) in [5.41, 5.74) is 0.998. The van der Waals surface area contributed by atoms with Crippen LogP contribution in [-0.4, -0.2) is 11.4 Å². The van der Waals surface area contributed by atoms with E-state index < -0.39 is 0 Å². The van der Waals surface area contributed by atoms with Crippen LogP contribution in [0.4, 0.5) is 0 Å². The fraction of sp³-hybridized carbons (Fsp3) is 0.429. The molecule has 0 spiro atoms. The van der Waals surface area contributed by atoms with E-state index in [2.05, 4.69) is 19.2 Å². The number of carbonyl (C=O) groups is 1. The Labute approximate surface area is 102 Å². The van der Waals surface area contributed by atoms with E-state index in [1.807, 2.05) is 13.0 Å². The highest BCUT2D eigenvalue weighted by Crippen LogP contribution is 2.15. The largest absolute Gasteiger partial charge is 0.347 e.